The first-order valence-electron chi connectivity index (χ1n) is 3.25. The summed E-state index contributed by atoms with van der Waals surface area (Å²) in [6.07, 6.45) is 1.64. The molecule has 0 aliphatic carbocycles. The summed E-state index contributed by atoms with van der Waals surface area (Å²) in [5.41, 5.74) is 0. The number of hydrogen-bond donors (Lipinski definition) is 0. The smallest absolute Gasteiger partial charge is 0.181 e. The van der Waals surface area contributed by atoms with Gasteiger partial charge in [0.25, 0.3) is 0 Å². The van der Waals surface area contributed by atoms with Crippen molar-refractivity contribution in [1.29, 1.82) is 10.5 Å². The molecule has 0 atom stereocenters. The first kappa shape index (κ1) is 14.2. The minimum atomic E-state index is 0.556. The van der Waals surface area contributed by atoms with E-state index in [1.54, 1.807) is 17.4 Å². The Labute approximate surface area is 87.3 Å². The van der Waals surface area contributed by atoms with E-state index < -0.39 is 0 Å². The van der Waals surface area contributed by atoms with Gasteiger partial charge in [0.2, 0.25) is 0 Å². The first-order valence-corrected chi connectivity index (χ1v) is 4.73. The normalized spacial score (nSPS) is 5.77. The zero-order chi connectivity index (χ0) is 10.4. The Morgan fingerprint density at radius 1 is 1.31 bits per heavy atom. The summed E-state index contributed by atoms with van der Waals surface area (Å²) in [6.45, 7) is 3.35. The van der Waals surface area contributed by atoms with Crippen molar-refractivity contribution in [3.63, 3.8) is 0 Å². The minimum Gasteiger partial charge on any atom is -0.181 e. The van der Waals surface area contributed by atoms with Crippen LogP contribution in [0.4, 0.5) is 0 Å². The van der Waals surface area contributed by atoms with Crippen molar-refractivity contribution in [2.45, 2.75) is 0 Å². The quantitative estimate of drug-likeness (QED) is 0.530. The lowest BCUT2D eigenvalue weighted by Gasteiger charge is -1.55. The highest BCUT2D eigenvalue weighted by atomic mass is 35.5. The van der Waals surface area contributed by atoms with Gasteiger partial charge in [-0.2, -0.15) is 21.9 Å². The van der Waals surface area contributed by atoms with Crippen molar-refractivity contribution in [1.82, 2.24) is 0 Å². The predicted molar refractivity (Wildman–Crippen MR) is 56.5 cm³/mol. The van der Waals surface area contributed by atoms with Gasteiger partial charge in [0.15, 0.2) is 12.1 Å². The Morgan fingerprint density at radius 2 is 1.69 bits per heavy atom. The van der Waals surface area contributed by atoms with Crippen LogP contribution in [0.25, 0.3) is 0 Å². The maximum atomic E-state index is 7.26. The van der Waals surface area contributed by atoms with Crippen LogP contribution in [0.2, 0.25) is 0 Å². The lowest BCUT2D eigenvalue weighted by molar-refractivity contribution is 1.49. The van der Waals surface area contributed by atoms with Crippen LogP contribution in [-0.4, -0.2) is 5.88 Å². The SMILES string of the molecule is C=CCCl.N#CC#N.c1ccsc1. The first-order chi connectivity index (χ1) is 6.33. The van der Waals surface area contributed by atoms with E-state index in [0.717, 1.165) is 0 Å². The van der Waals surface area contributed by atoms with E-state index in [-0.39, 0.29) is 0 Å². The van der Waals surface area contributed by atoms with Crippen LogP contribution >= 0.6 is 22.9 Å². The maximum Gasteiger partial charge on any atom is 0.181 e. The Morgan fingerprint density at radius 3 is 1.77 bits per heavy atom. The van der Waals surface area contributed by atoms with E-state index >= 15 is 0 Å². The Bertz CT molecular complexity index is 227. The number of rotatable bonds is 1. The van der Waals surface area contributed by atoms with Crippen LogP contribution in [0, 0.1) is 22.7 Å². The summed E-state index contributed by atoms with van der Waals surface area (Å²) in [5.74, 6) is 0.556. The van der Waals surface area contributed by atoms with E-state index in [2.05, 4.69) is 6.58 Å². The average Bonchev–Trinajstić information content (AvgIpc) is 2.76. The number of allylic oxidation sites excluding steroid dienone is 1. The number of thiophene rings is 1. The molecule has 2 nitrogen and oxygen atoms in total. The second kappa shape index (κ2) is 17.0. The van der Waals surface area contributed by atoms with Crippen molar-refractivity contribution < 1.29 is 0 Å². The number of halogens is 1. The molecule has 0 radical (unpaired) electrons. The van der Waals surface area contributed by atoms with Crippen LogP contribution in [-0.2, 0) is 0 Å². The molecule has 1 heterocycles. The molecule has 0 aliphatic heterocycles. The van der Waals surface area contributed by atoms with Crippen LogP contribution < -0.4 is 0 Å². The van der Waals surface area contributed by atoms with E-state index in [0.29, 0.717) is 5.88 Å². The molecule has 0 amide bonds. The maximum absolute atomic E-state index is 7.26. The molecule has 1 aromatic rings. The molecule has 0 N–H and O–H groups in total. The third-order valence-corrected chi connectivity index (χ3v) is 1.43. The molecule has 4 heteroatoms. The third kappa shape index (κ3) is 24.9. The Kier molecular flexibility index (Phi) is 18.6. The standard InChI is InChI=1S/C4H4S.C3H5Cl.C2N2/c1-2-4-5-3-1;1-2-3-4;3-1-2-4/h1-4H;2H,1,3H2;. The second-order valence-corrected chi connectivity index (χ2v) is 2.58. The van der Waals surface area contributed by atoms with E-state index in [1.807, 2.05) is 22.9 Å². The molecule has 0 unspecified atom stereocenters. The molecule has 0 aromatic carbocycles. The lowest BCUT2D eigenvalue weighted by atomic mass is 10.7. The molecule has 0 saturated carbocycles. The molecule has 0 spiro atoms. The van der Waals surface area contributed by atoms with Gasteiger partial charge >= 0.3 is 0 Å². The third-order valence-electron chi connectivity index (χ3n) is 0.584. The fourth-order valence-corrected chi connectivity index (χ4v) is 0.680. The number of nitrogens with zero attached hydrogens (tertiary/aromatic N) is 2. The summed E-state index contributed by atoms with van der Waals surface area (Å²) in [7, 11) is 0. The highest BCUT2D eigenvalue weighted by Gasteiger charge is 1.58. The summed E-state index contributed by atoms with van der Waals surface area (Å²) >= 11 is 6.78. The highest BCUT2D eigenvalue weighted by molar-refractivity contribution is 7.07. The van der Waals surface area contributed by atoms with Crippen LogP contribution in [0.3, 0.4) is 0 Å². The average molecular weight is 213 g/mol. The second-order valence-electron chi connectivity index (χ2n) is 1.46. The van der Waals surface area contributed by atoms with Crippen LogP contribution in [0.1, 0.15) is 0 Å². The molecule has 1 aromatic heterocycles. The zero-order valence-corrected chi connectivity index (χ0v) is 8.55. The van der Waals surface area contributed by atoms with Crippen molar-refractivity contribution in [3.8, 4) is 12.1 Å². The number of alkyl halides is 1. The fourth-order valence-electron chi connectivity index (χ4n) is 0.227. The van der Waals surface area contributed by atoms with E-state index in [9.17, 15) is 0 Å². The molecule has 0 saturated heterocycles. The van der Waals surface area contributed by atoms with Gasteiger partial charge in [-0.25, -0.2) is 0 Å². The van der Waals surface area contributed by atoms with Gasteiger partial charge in [-0.15, -0.1) is 18.2 Å². The van der Waals surface area contributed by atoms with Crippen molar-refractivity contribution in [2.24, 2.45) is 0 Å². The fraction of sp³-hybridized carbons (Fsp3) is 0.111. The molecular weight excluding hydrogens is 204 g/mol. The molecular formula is C9H9ClN2S. The van der Waals surface area contributed by atoms with Crippen molar-refractivity contribution in [3.05, 3.63) is 35.5 Å². The van der Waals surface area contributed by atoms with Crippen molar-refractivity contribution in [2.75, 3.05) is 5.88 Å². The van der Waals surface area contributed by atoms with Gasteiger partial charge in [-0.05, 0) is 10.8 Å². The van der Waals surface area contributed by atoms with Gasteiger partial charge < -0.3 is 0 Å². The minimum absolute atomic E-state index is 0.556. The van der Waals surface area contributed by atoms with Gasteiger partial charge in [0.1, 0.15) is 0 Å². The molecule has 68 valence electrons. The predicted octanol–water partition coefficient (Wildman–Crippen LogP) is 3.19. The van der Waals surface area contributed by atoms with Crippen LogP contribution in [0.15, 0.2) is 35.5 Å². The van der Waals surface area contributed by atoms with Gasteiger partial charge in [0.05, 0.1) is 0 Å². The van der Waals surface area contributed by atoms with Gasteiger partial charge in [-0.1, -0.05) is 18.2 Å². The molecule has 1 rings (SSSR count). The summed E-state index contributed by atoms with van der Waals surface area (Å²) < 4.78 is 0. The van der Waals surface area contributed by atoms with Gasteiger partial charge in [-0.3, -0.25) is 0 Å². The summed E-state index contributed by atoms with van der Waals surface area (Å²) in [5, 5.41) is 18.6. The van der Waals surface area contributed by atoms with E-state index in [4.69, 9.17) is 22.1 Å². The zero-order valence-electron chi connectivity index (χ0n) is 6.98. The molecule has 0 aliphatic rings. The highest BCUT2D eigenvalue weighted by Crippen LogP contribution is 1.91. The molecule has 0 fully saturated rings. The summed E-state index contributed by atoms with van der Waals surface area (Å²) in [4.78, 5) is 0. The largest absolute Gasteiger partial charge is 0.181 e. The van der Waals surface area contributed by atoms with Crippen LogP contribution in [0.5, 0.6) is 0 Å². The molecule has 13 heavy (non-hydrogen) atoms. The Hall–Kier alpha value is -1.29. The number of hydrogen-bond acceptors (Lipinski definition) is 3. The van der Waals surface area contributed by atoms with Crippen molar-refractivity contribution >= 4 is 22.9 Å². The Balaban J connectivity index is 0. The number of nitriles is 2. The lowest BCUT2D eigenvalue weighted by Crippen LogP contribution is -1.45. The molecule has 0 bridgehead atoms. The topological polar surface area (TPSA) is 47.6 Å². The summed E-state index contributed by atoms with van der Waals surface area (Å²) in [6, 6.07) is 6.51. The monoisotopic (exact) mass is 212 g/mol. The van der Waals surface area contributed by atoms with E-state index in [1.165, 1.54) is 12.1 Å². The van der Waals surface area contributed by atoms with Gasteiger partial charge in [0, 0.05) is 5.88 Å².